The Morgan fingerprint density at radius 3 is 2.57 bits per heavy atom. The van der Waals surface area contributed by atoms with Crippen molar-refractivity contribution in [2.45, 2.75) is 38.3 Å². The average molecular weight is 294 g/mol. The Morgan fingerprint density at radius 2 is 2.00 bits per heavy atom. The van der Waals surface area contributed by atoms with Crippen LogP contribution in [0.15, 0.2) is 18.2 Å². The predicted molar refractivity (Wildman–Crippen MR) is 71.5 cm³/mol. The molecular formula is C15H16F2N2O2. The highest BCUT2D eigenvalue weighted by Crippen LogP contribution is 2.46. The lowest BCUT2D eigenvalue weighted by atomic mass is 10.0. The van der Waals surface area contributed by atoms with E-state index >= 15 is 0 Å². The molecule has 4 nitrogen and oxygen atoms in total. The summed E-state index contributed by atoms with van der Waals surface area (Å²) in [4.78, 5) is 25.4. The summed E-state index contributed by atoms with van der Waals surface area (Å²) >= 11 is 0. The van der Waals surface area contributed by atoms with E-state index in [0.29, 0.717) is 12.0 Å². The molecule has 0 bridgehead atoms. The molecule has 3 rings (SSSR count). The number of nitrogens with zero attached hydrogens (tertiary/aromatic N) is 1. The lowest BCUT2D eigenvalue weighted by Gasteiger charge is -2.14. The number of urea groups is 1. The number of amides is 3. The number of carbonyl (C=O) groups excluding carboxylic acids is 2. The average Bonchev–Trinajstić information content (AvgIpc) is 3.09. The zero-order chi connectivity index (χ0) is 15.3. The molecule has 1 heterocycles. The zero-order valence-corrected chi connectivity index (χ0v) is 11.8. The molecule has 2 aliphatic rings. The smallest absolute Gasteiger partial charge is 0.325 e. The molecule has 0 unspecified atom stereocenters. The van der Waals surface area contributed by atoms with Gasteiger partial charge in [0, 0.05) is 18.0 Å². The van der Waals surface area contributed by atoms with E-state index in [1.807, 2.05) is 13.8 Å². The number of hydrogen-bond acceptors (Lipinski definition) is 2. The standard InChI is InChI=1S/C15H16F2N2O2/c1-7(2)13-14(20)19(15(21)18-13)12-6-10(12)9-4-3-8(16)5-11(9)17/h3-5,7,10,12-13H,6H2,1-2H3,(H,18,21)/t10-,12+,13+/m1/s1. The Labute approximate surface area is 121 Å². The summed E-state index contributed by atoms with van der Waals surface area (Å²) in [6, 6.07) is 2.13. The summed E-state index contributed by atoms with van der Waals surface area (Å²) < 4.78 is 26.7. The minimum atomic E-state index is -0.636. The fourth-order valence-electron chi connectivity index (χ4n) is 2.88. The molecule has 2 fully saturated rings. The molecule has 1 aromatic carbocycles. The molecule has 0 spiro atoms. The normalized spacial score (nSPS) is 28.2. The quantitative estimate of drug-likeness (QED) is 0.870. The number of imide groups is 1. The summed E-state index contributed by atoms with van der Waals surface area (Å²) in [6.07, 6.45) is 0.520. The van der Waals surface area contributed by atoms with Crippen LogP contribution in [0, 0.1) is 17.6 Å². The maximum atomic E-state index is 13.8. The number of nitrogens with one attached hydrogen (secondary N) is 1. The first kappa shape index (κ1) is 14.0. The van der Waals surface area contributed by atoms with Crippen LogP contribution in [0.2, 0.25) is 0 Å². The second kappa shape index (κ2) is 4.79. The molecule has 1 aliphatic heterocycles. The van der Waals surface area contributed by atoms with E-state index in [-0.39, 0.29) is 23.8 Å². The van der Waals surface area contributed by atoms with Crippen LogP contribution in [0.3, 0.4) is 0 Å². The van der Waals surface area contributed by atoms with Gasteiger partial charge in [0.05, 0.1) is 0 Å². The van der Waals surface area contributed by atoms with Crippen LogP contribution in [0.5, 0.6) is 0 Å². The highest BCUT2D eigenvalue weighted by Gasteiger charge is 2.53. The summed E-state index contributed by atoms with van der Waals surface area (Å²) in [5.41, 5.74) is 0.356. The topological polar surface area (TPSA) is 49.4 Å². The van der Waals surface area contributed by atoms with Gasteiger partial charge in [-0.3, -0.25) is 9.69 Å². The second-order valence-electron chi connectivity index (χ2n) is 5.95. The summed E-state index contributed by atoms with van der Waals surface area (Å²) in [6.45, 7) is 3.72. The van der Waals surface area contributed by atoms with Crippen LogP contribution in [-0.4, -0.2) is 28.9 Å². The van der Waals surface area contributed by atoms with Crippen molar-refractivity contribution in [1.29, 1.82) is 0 Å². The van der Waals surface area contributed by atoms with E-state index < -0.39 is 23.7 Å². The van der Waals surface area contributed by atoms with Gasteiger partial charge in [-0.05, 0) is 24.0 Å². The SMILES string of the molecule is CC(C)[C@@H]1NC(=O)N([C@H]2C[C@@H]2c2ccc(F)cc2F)C1=O. The highest BCUT2D eigenvalue weighted by atomic mass is 19.1. The Morgan fingerprint density at radius 1 is 1.29 bits per heavy atom. The van der Waals surface area contributed by atoms with Crippen molar-refractivity contribution in [1.82, 2.24) is 10.2 Å². The number of hydrogen-bond donors (Lipinski definition) is 1. The molecule has 3 amide bonds. The summed E-state index contributed by atoms with van der Waals surface area (Å²) in [7, 11) is 0. The Kier molecular flexibility index (Phi) is 3.19. The third-order valence-electron chi connectivity index (χ3n) is 4.12. The third kappa shape index (κ3) is 2.28. The Balaban J connectivity index is 1.79. The molecule has 112 valence electrons. The van der Waals surface area contributed by atoms with E-state index in [2.05, 4.69) is 5.32 Å². The second-order valence-corrected chi connectivity index (χ2v) is 5.95. The van der Waals surface area contributed by atoms with Crippen molar-refractivity contribution in [2.75, 3.05) is 0 Å². The van der Waals surface area contributed by atoms with Crippen molar-refractivity contribution in [3.05, 3.63) is 35.4 Å². The molecule has 21 heavy (non-hydrogen) atoms. The summed E-state index contributed by atoms with van der Waals surface area (Å²) in [5.74, 6) is -1.76. The first-order valence-corrected chi connectivity index (χ1v) is 6.98. The minimum absolute atomic E-state index is 0.00575. The van der Waals surface area contributed by atoms with Gasteiger partial charge in [0.25, 0.3) is 5.91 Å². The van der Waals surface area contributed by atoms with Crippen LogP contribution in [0.4, 0.5) is 13.6 Å². The van der Waals surface area contributed by atoms with Crippen molar-refractivity contribution < 1.29 is 18.4 Å². The van der Waals surface area contributed by atoms with Gasteiger partial charge in [0.1, 0.15) is 17.7 Å². The zero-order valence-electron chi connectivity index (χ0n) is 11.8. The van der Waals surface area contributed by atoms with Gasteiger partial charge in [-0.25, -0.2) is 13.6 Å². The van der Waals surface area contributed by atoms with Gasteiger partial charge in [-0.15, -0.1) is 0 Å². The molecule has 1 N–H and O–H groups in total. The molecule has 0 aromatic heterocycles. The number of rotatable bonds is 3. The summed E-state index contributed by atoms with van der Waals surface area (Å²) in [5, 5.41) is 2.65. The maximum Gasteiger partial charge on any atom is 0.325 e. The third-order valence-corrected chi connectivity index (χ3v) is 4.12. The van der Waals surface area contributed by atoms with Crippen molar-refractivity contribution in [3.8, 4) is 0 Å². The van der Waals surface area contributed by atoms with Crippen LogP contribution in [0.25, 0.3) is 0 Å². The molecule has 1 saturated heterocycles. The Hall–Kier alpha value is -1.98. The predicted octanol–water partition coefficient (Wildman–Crippen LogP) is 2.40. The van der Waals surface area contributed by atoms with E-state index in [4.69, 9.17) is 0 Å². The first-order chi connectivity index (χ1) is 9.90. The largest absolute Gasteiger partial charge is 0.326 e. The molecular weight excluding hydrogens is 278 g/mol. The molecule has 0 radical (unpaired) electrons. The van der Waals surface area contributed by atoms with Crippen molar-refractivity contribution in [2.24, 2.45) is 5.92 Å². The van der Waals surface area contributed by atoms with Gasteiger partial charge >= 0.3 is 6.03 Å². The number of carbonyl (C=O) groups is 2. The lowest BCUT2D eigenvalue weighted by molar-refractivity contribution is -0.128. The fourth-order valence-corrected chi connectivity index (χ4v) is 2.88. The van der Waals surface area contributed by atoms with Crippen LogP contribution >= 0.6 is 0 Å². The first-order valence-electron chi connectivity index (χ1n) is 6.98. The van der Waals surface area contributed by atoms with Gasteiger partial charge in [0.2, 0.25) is 0 Å². The van der Waals surface area contributed by atoms with Crippen LogP contribution in [-0.2, 0) is 4.79 Å². The van der Waals surface area contributed by atoms with Gasteiger partial charge in [0.15, 0.2) is 0 Å². The van der Waals surface area contributed by atoms with E-state index in [1.54, 1.807) is 0 Å². The van der Waals surface area contributed by atoms with Gasteiger partial charge in [-0.1, -0.05) is 19.9 Å². The fraction of sp³-hybridized carbons (Fsp3) is 0.467. The highest BCUT2D eigenvalue weighted by molar-refractivity contribution is 6.05. The number of benzene rings is 1. The molecule has 3 atom stereocenters. The lowest BCUT2D eigenvalue weighted by Crippen LogP contribution is -2.36. The minimum Gasteiger partial charge on any atom is -0.326 e. The van der Waals surface area contributed by atoms with Gasteiger partial charge in [-0.2, -0.15) is 0 Å². The molecule has 1 aromatic rings. The van der Waals surface area contributed by atoms with E-state index in [1.165, 1.54) is 17.0 Å². The van der Waals surface area contributed by atoms with E-state index in [0.717, 1.165) is 6.07 Å². The van der Waals surface area contributed by atoms with Crippen molar-refractivity contribution >= 4 is 11.9 Å². The van der Waals surface area contributed by atoms with E-state index in [9.17, 15) is 18.4 Å². The van der Waals surface area contributed by atoms with Gasteiger partial charge < -0.3 is 5.32 Å². The number of halogens is 2. The van der Waals surface area contributed by atoms with Crippen LogP contribution in [0.1, 0.15) is 31.7 Å². The van der Waals surface area contributed by atoms with Crippen LogP contribution < -0.4 is 5.32 Å². The van der Waals surface area contributed by atoms with Crippen molar-refractivity contribution in [3.63, 3.8) is 0 Å². The maximum absolute atomic E-state index is 13.8. The Bertz CT molecular complexity index is 618. The molecule has 1 aliphatic carbocycles. The molecule has 1 saturated carbocycles. The molecule has 6 heteroatoms. The monoisotopic (exact) mass is 294 g/mol.